The van der Waals surface area contributed by atoms with Crippen LogP contribution in [0.15, 0.2) is 29.2 Å². The molecule has 2 fully saturated rings. The Kier molecular flexibility index (Phi) is 6.36. The number of fused-ring (bicyclic) bond motifs is 3. The number of carbonyl (C=O) groups is 2. The molecular weight excluding hydrogens is 438 g/mol. The van der Waals surface area contributed by atoms with Crippen molar-refractivity contribution in [1.82, 2.24) is 14.7 Å². The highest BCUT2D eigenvalue weighted by Crippen LogP contribution is 2.42. The highest BCUT2D eigenvalue weighted by molar-refractivity contribution is 7.84. The second kappa shape index (κ2) is 9.41. The Morgan fingerprint density at radius 3 is 2.70 bits per heavy atom. The maximum atomic E-state index is 13.2. The number of hydrogen-bond donors (Lipinski definition) is 0. The van der Waals surface area contributed by atoms with Gasteiger partial charge in [-0.3, -0.25) is 13.7 Å². The third-order valence-electron chi connectivity index (χ3n) is 7.15. The molecule has 1 saturated heterocycles. The number of piperidine rings is 1. The van der Waals surface area contributed by atoms with Crippen LogP contribution >= 0.6 is 0 Å². The van der Waals surface area contributed by atoms with Crippen molar-refractivity contribution < 1.29 is 18.5 Å². The zero-order valence-corrected chi connectivity index (χ0v) is 19.9. The third-order valence-corrected chi connectivity index (χ3v) is 8.55. The van der Waals surface area contributed by atoms with Crippen molar-refractivity contribution in [1.29, 1.82) is 0 Å². The lowest BCUT2D eigenvalue weighted by Crippen LogP contribution is -2.41. The van der Waals surface area contributed by atoms with Crippen molar-refractivity contribution in [3.05, 3.63) is 35.5 Å². The molecule has 1 aromatic heterocycles. The van der Waals surface area contributed by atoms with Gasteiger partial charge in [0.1, 0.15) is 0 Å². The number of likely N-dealkylation sites (tertiary alicyclic amines) is 1. The van der Waals surface area contributed by atoms with E-state index in [1.165, 1.54) is 6.42 Å². The molecule has 176 valence electrons. The molecule has 3 atom stereocenters. The Morgan fingerprint density at radius 2 is 1.91 bits per heavy atom. The lowest BCUT2D eigenvalue weighted by molar-refractivity contribution is -0.138. The van der Waals surface area contributed by atoms with Gasteiger partial charge in [0, 0.05) is 35.0 Å². The van der Waals surface area contributed by atoms with Crippen LogP contribution in [0.25, 0.3) is 11.3 Å². The van der Waals surface area contributed by atoms with Crippen molar-refractivity contribution in [3.63, 3.8) is 0 Å². The molecule has 1 aliphatic carbocycles. The molecule has 3 unspecified atom stereocenters. The van der Waals surface area contributed by atoms with Gasteiger partial charge in [-0.1, -0.05) is 24.6 Å². The number of hydrogen-bond acceptors (Lipinski definition) is 5. The number of nitrogens with zero attached hydrogens (tertiary/aromatic N) is 3. The first-order valence-corrected chi connectivity index (χ1v) is 13.5. The molecule has 0 bridgehead atoms. The van der Waals surface area contributed by atoms with Crippen LogP contribution in [0, 0.1) is 5.92 Å². The molecule has 8 heteroatoms. The summed E-state index contributed by atoms with van der Waals surface area (Å²) in [7, 11) is -1.24. The summed E-state index contributed by atoms with van der Waals surface area (Å²) in [5.41, 5.74) is 2.70. The molecule has 3 aliphatic rings. The Morgan fingerprint density at radius 1 is 1.12 bits per heavy atom. The zero-order valence-electron chi connectivity index (χ0n) is 19.1. The Labute approximate surface area is 196 Å². The second-order valence-electron chi connectivity index (χ2n) is 9.23. The first kappa shape index (κ1) is 22.3. The van der Waals surface area contributed by atoms with Crippen LogP contribution in [0.4, 0.5) is 0 Å². The molecule has 3 heterocycles. The van der Waals surface area contributed by atoms with Crippen LogP contribution in [0.3, 0.4) is 0 Å². The standard InChI is InChI=1S/C25H31N3O4S/c1-2-32-25(30)22-20-16-33(31)21-12-5-4-11-19(21)23(20)28(26-22)18-10-8-9-17(15-18)24(29)27-13-6-3-7-14-27/h4-5,11-12,17-18H,2-3,6-10,13-16H2,1H3. The summed E-state index contributed by atoms with van der Waals surface area (Å²) in [5, 5.41) is 4.76. The monoisotopic (exact) mass is 469 g/mol. The summed E-state index contributed by atoms with van der Waals surface area (Å²) in [6.07, 6.45) is 6.86. The lowest BCUT2D eigenvalue weighted by atomic mass is 9.84. The van der Waals surface area contributed by atoms with E-state index in [1.807, 2.05) is 33.8 Å². The normalized spacial score (nSPS) is 24.6. The van der Waals surface area contributed by atoms with Crippen LogP contribution in [0.5, 0.6) is 0 Å². The fourth-order valence-corrected chi connectivity index (χ4v) is 6.90. The van der Waals surface area contributed by atoms with E-state index in [1.54, 1.807) is 6.92 Å². The van der Waals surface area contributed by atoms with Gasteiger partial charge < -0.3 is 9.64 Å². The van der Waals surface area contributed by atoms with Crippen molar-refractivity contribution in [3.8, 4) is 11.3 Å². The predicted octanol–water partition coefficient (Wildman–Crippen LogP) is 4.09. The Balaban J connectivity index is 1.52. The quantitative estimate of drug-likeness (QED) is 0.630. The molecule has 5 rings (SSSR count). The first-order valence-electron chi connectivity index (χ1n) is 12.1. The molecular formula is C25H31N3O4S. The van der Waals surface area contributed by atoms with Gasteiger partial charge in [-0.25, -0.2) is 4.79 Å². The summed E-state index contributed by atoms with van der Waals surface area (Å²) < 4.78 is 20.2. The van der Waals surface area contributed by atoms with Gasteiger partial charge in [0.15, 0.2) is 5.69 Å². The van der Waals surface area contributed by atoms with E-state index in [9.17, 15) is 13.8 Å². The highest BCUT2D eigenvalue weighted by atomic mass is 32.2. The molecule has 0 radical (unpaired) electrons. The van der Waals surface area contributed by atoms with E-state index in [0.29, 0.717) is 5.56 Å². The second-order valence-corrected chi connectivity index (χ2v) is 10.6. The fraction of sp³-hybridized carbons (Fsp3) is 0.560. The number of ether oxygens (including phenoxy) is 1. The summed E-state index contributed by atoms with van der Waals surface area (Å²) in [6, 6.07) is 7.68. The van der Waals surface area contributed by atoms with Crippen LogP contribution in [-0.2, 0) is 26.1 Å². The van der Waals surface area contributed by atoms with Gasteiger partial charge in [-0.15, -0.1) is 0 Å². The molecule has 1 aromatic carbocycles. The molecule has 2 aromatic rings. The van der Waals surface area contributed by atoms with Crippen molar-refractivity contribution in [2.75, 3.05) is 19.7 Å². The number of amides is 1. The molecule has 2 aliphatic heterocycles. The van der Waals surface area contributed by atoms with Gasteiger partial charge in [0.25, 0.3) is 0 Å². The van der Waals surface area contributed by atoms with Crippen molar-refractivity contribution in [2.45, 2.75) is 68.6 Å². The topological polar surface area (TPSA) is 81.5 Å². The molecule has 7 nitrogen and oxygen atoms in total. The predicted molar refractivity (Wildman–Crippen MR) is 125 cm³/mol. The molecule has 1 saturated carbocycles. The molecule has 0 spiro atoms. The van der Waals surface area contributed by atoms with Crippen molar-refractivity contribution >= 4 is 22.7 Å². The number of rotatable bonds is 4. The summed E-state index contributed by atoms with van der Waals surface area (Å²) in [6.45, 7) is 3.76. The summed E-state index contributed by atoms with van der Waals surface area (Å²) in [5.74, 6) is 0.0393. The van der Waals surface area contributed by atoms with E-state index in [2.05, 4.69) is 0 Å². The number of benzene rings is 1. The maximum Gasteiger partial charge on any atom is 0.359 e. The Hall–Kier alpha value is -2.48. The average Bonchev–Trinajstić information content (AvgIpc) is 3.24. The molecule has 1 amide bonds. The minimum Gasteiger partial charge on any atom is -0.461 e. The van der Waals surface area contributed by atoms with Gasteiger partial charge in [-0.05, 0) is 51.5 Å². The average molecular weight is 470 g/mol. The van der Waals surface area contributed by atoms with Gasteiger partial charge in [0.2, 0.25) is 5.91 Å². The van der Waals surface area contributed by atoms with E-state index < -0.39 is 16.8 Å². The summed E-state index contributed by atoms with van der Waals surface area (Å²) in [4.78, 5) is 28.8. The number of carbonyl (C=O) groups excluding carboxylic acids is 2. The van der Waals surface area contributed by atoms with E-state index >= 15 is 0 Å². The van der Waals surface area contributed by atoms with E-state index in [0.717, 1.165) is 67.8 Å². The largest absolute Gasteiger partial charge is 0.461 e. The summed E-state index contributed by atoms with van der Waals surface area (Å²) >= 11 is 0. The fourth-order valence-electron chi connectivity index (χ4n) is 5.57. The molecule has 33 heavy (non-hydrogen) atoms. The smallest absolute Gasteiger partial charge is 0.359 e. The molecule has 0 N–H and O–H groups in total. The van der Waals surface area contributed by atoms with Crippen LogP contribution in [-0.4, -0.2) is 50.5 Å². The SMILES string of the molecule is CCOC(=O)c1nn(C2CCCC(C(=O)N3CCCCC3)C2)c2c1CS(=O)c1ccccc1-2. The number of aromatic nitrogens is 2. The maximum absolute atomic E-state index is 13.2. The number of esters is 1. The zero-order chi connectivity index (χ0) is 22.9. The minimum absolute atomic E-state index is 0.0132. The van der Waals surface area contributed by atoms with Crippen LogP contribution in [0.1, 0.15) is 74.0 Å². The van der Waals surface area contributed by atoms with Gasteiger partial charge in [0.05, 0.1) is 34.9 Å². The van der Waals surface area contributed by atoms with E-state index in [-0.39, 0.29) is 35.9 Å². The van der Waals surface area contributed by atoms with Gasteiger partial charge >= 0.3 is 5.97 Å². The minimum atomic E-state index is -1.24. The van der Waals surface area contributed by atoms with Crippen LogP contribution < -0.4 is 0 Å². The van der Waals surface area contributed by atoms with Crippen LogP contribution in [0.2, 0.25) is 0 Å². The third kappa shape index (κ3) is 4.14. The van der Waals surface area contributed by atoms with Crippen molar-refractivity contribution in [2.24, 2.45) is 5.92 Å². The highest BCUT2D eigenvalue weighted by Gasteiger charge is 2.37. The Bertz CT molecular complexity index is 1090. The lowest BCUT2D eigenvalue weighted by Gasteiger charge is -2.35. The van der Waals surface area contributed by atoms with Gasteiger partial charge in [-0.2, -0.15) is 5.10 Å². The van der Waals surface area contributed by atoms with E-state index in [4.69, 9.17) is 9.84 Å². The first-order chi connectivity index (χ1) is 16.1.